The molecule has 0 aromatic rings. The molecule has 0 aliphatic heterocycles. The van der Waals surface area contributed by atoms with E-state index in [4.69, 9.17) is 14.4 Å². The molecule has 0 unspecified atom stereocenters. The van der Waals surface area contributed by atoms with Gasteiger partial charge >= 0.3 is 156 Å². The Hall–Kier alpha value is 5.08. The van der Waals surface area contributed by atoms with Crippen molar-refractivity contribution >= 4 is 156 Å². The van der Waals surface area contributed by atoms with Crippen LogP contribution in [0, 0.1) is 0 Å². The number of halogens is 1. The van der Waals surface area contributed by atoms with Crippen LogP contribution in [0.3, 0.4) is 0 Å². The Kier molecular flexibility index (Phi) is 71.1. The van der Waals surface area contributed by atoms with E-state index in [1.165, 1.54) is 0 Å². The van der Waals surface area contributed by atoms with Crippen LogP contribution in [0.15, 0.2) is 0 Å². The minimum atomic E-state index is -5.14. The van der Waals surface area contributed by atoms with Gasteiger partial charge in [0.25, 0.3) is 0 Å². The first-order valence-electron chi connectivity index (χ1n) is 0.752. The molecule has 0 atom stereocenters. The summed E-state index contributed by atoms with van der Waals surface area (Å²) in [5.74, 6) is 0. The summed E-state index contributed by atoms with van der Waals surface area (Å²) in [6.45, 7) is 0. The number of hydrogen-bond donors (Lipinski definition) is 2. The van der Waals surface area contributed by atoms with Crippen molar-refractivity contribution in [2.24, 2.45) is 0 Å². The van der Waals surface area contributed by atoms with Crippen molar-refractivity contribution in [1.29, 1.82) is 0 Å². The van der Waals surface area contributed by atoms with Gasteiger partial charge in [-0.2, -0.15) is 0 Å². The van der Waals surface area contributed by atoms with Gasteiger partial charge in [0, 0.05) is 0 Å². The average Bonchev–Trinajstić information content (AvgIpc) is 0.722. The second-order valence-corrected chi connectivity index (χ2v) is 1.42. The quantitative estimate of drug-likeness (QED) is 0.334. The Labute approximate surface area is 170 Å². The van der Waals surface area contributed by atoms with Crippen LogP contribution >= 0.6 is 7.91 Å². The van der Waals surface area contributed by atoms with E-state index in [1.807, 2.05) is 0 Å². The molecule has 0 radical (unpaired) electrons. The van der Waals surface area contributed by atoms with E-state index in [9.17, 15) is 4.20 Å². The Morgan fingerprint density at radius 2 is 0.900 bits per heavy atom. The fourth-order valence-electron chi connectivity index (χ4n) is 0. The molecule has 10 heavy (non-hydrogen) atoms. The maximum atomic E-state index is 10.4. The third-order valence-electron chi connectivity index (χ3n) is 0. The molecule has 0 saturated heterocycles. The van der Waals surface area contributed by atoms with Crippen molar-refractivity contribution in [3.63, 3.8) is 0 Å². The van der Waals surface area contributed by atoms with E-state index in [2.05, 4.69) is 0 Å². The first kappa shape index (κ1) is 36.3. The van der Waals surface area contributed by atoms with Crippen molar-refractivity contribution in [3.8, 4) is 0 Å². The van der Waals surface area contributed by atoms with Crippen LogP contribution < -0.4 is 0 Å². The molecule has 0 aromatic carbocycles. The van der Waals surface area contributed by atoms with Gasteiger partial charge in [0.1, 0.15) is 0 Å². The molecule has 0 rings (SSSR count). The standard InChI is InChI=1S/FH2O3P.5Na.5H/c1-5(2,3)4;;;;;;;;;;/h(H2,2,3,4);;;;;;;;;;. The van der Waals surface area contributed by atoms with E-state index >= 15 is 0 Å². The molecule has 0 amide bonds. The minimum absolute atomic E-state index is 0. The van der Waals surface area contributed by atoms with E-state index < -0.39 is 7.91 Å². The molecular formula is H7FNa5O3P. The Morgan fingerprint density at radius 3 is 0.900 bits per heavy atom. The molecule has 10 heteroatoms. The molecule has 2 N–H and O–H groups in total. The predicted octanol–water partition coefficient (Wildman–Crippen LogP) is -3.19. The number of rotatable bonds is 0. The van der Waals surface area contributed by atoms with Crippen molar-refractivity contribution in [3.05, 3.63) is 0 Å². The third-order valence-corrected chi connectivity index (χ3v) is 0. The summed E-state index contributed by atoms with van der Waals surface area (Å²) in [5.41, 5.74) is 0. The first-order valence-corrected chi connectivity index (χ1v) is 2.25. The van der Waals surface area contributed by atoms with Gasteiger partial charge < -0.3 is 0 Å². The Balaban J connectivity index is -0.00000000800. The summed E-state index contributed by atoms with van der Waals surface area (Å²) in [4.78, 5) is 13.9. The summed E-state index contributed by atoms with van der Waals surface area (Å²) in [6, 6.07) is 0. The molecule has 0 aliphatic carbocycles. The third kappa shape index (κ3) is 74.0. The van der Waals surface area contributed by atoms with Gasteiger partial charge in [-0.15, -0.1) is 4.20 Å². The summed E-state index contributed by atoms with van der Waals surface area (Å²) in [5, 5.41) is 0. The van der Waals surface area contributed by atoms with Crippen molar-refractivity contribution in [2.75, 3.05) is 0 Å². The average molecular weight is 220 g/mol. The van der Waals surface area contributed by atoms with E-state index in [1.54, 1.807) is 0 Å². The normalized spacial score (nSPS) is 5.90. The van der Waals surface area contributed by atoms with Gasteiger partial charge in [0.2, 0.25) is 0 Å². The molecule has 0 aliphatic rings. The molecule has 42 valence electrons. The summed E-state index contributed by atoms with van der Waals surface area (Å²) < 4.78 is 19.0. The van der Waals surface area contributed by atoms with Crippen LogP contribution in [0.2, 0.25) is 0 Å². The maximum absolute atomic E-state index is 10.4. The van der Waals surface area contributed by atoms with Gasteiger partial charge in [-0.25, -0.2) is 4.57 Å². The molecule has 0 fully saturated rings. The van der Waals surface area contributed by atoms with Gasteiger partial charge in [0.15, 0.2) is 0 Å². The molecule has 0 heterocycles. The van der Waals surface area contributed by atoms with Gasteiger partial charge in [-0.1, -0.05) is 0 Å². The molecule has 0 bridgehead atoms. The Bertz CT molecular complexity index is 63.0. The van der Waals surface area contributed by atoms with Crippen LogP contribution in [0.4, 0.5) is 4.20 Å². The van der Waals surface area contributed by atoms with Crippen LogP contribution in [-0.2, 0) is 4.57 Å². The van der Waals surface area contributed by atoms with Gasteiger partial charge in [-0.05, 0) is 0 Å². The fraction of sp³-hybridized carbons (Fsp3) is 0. The monoisotopic (exact) mass is 220 g/mol. The van der Waals surface area contributed by atoms with Gasteiger partial charge in [-0.3, -0.25) is 9.79 Å². The topological polar surface area (TPSA) is 57.5 Å². The summed E-state index contributed by atoms with van der Waals surface area (Å²) >= 11 is 0. The van der Waals surface area contributed by atoms with Crippen LogP contribution in [0.1, 0.15) is 0 Å². The first-order chi connectivity index (χ1) is 2.00. The summed E-state index contributed by atoms with van der Waals surface area (Å²) in [6.07, 6.45) is 0. The van der Waals surface area contributed by atoms with Crippen LogP contribution in [0.5, 0.6) is 0 Å². The zero-order valence-corrected chi connectivity index (χ0v) is 3.02. The fourth-order valence-corrected chi connectivity index (χ4v) is 0. The zero-order chi connectivity index (χ0) is 4.50. The van der Waals surface area contributed by atoms with Crippen molar-refractivity contribution in [2.45, 2.75) is 0 Å². The molecule has 3 nitrogen and oxygen atoms in total. The number of hydrogen-bond acceptors (Lipinski definition) is 1. The molecular weight excluding hydrogens is 213 g/mol. The second kappa shape index (κ2) is 19.6. The van der Waals surface area contributed by atoms with Crippen LogP contribution in [-0.4, -0.2) is 158 Å². The van der Waals surface area contributed by atoms with Crippen molar-refractivity contribution in [1.82, 2.24) is 0 Å². The van der Waals surface area contributed by atoms with Crippen molar-refractivity contribution < 1.29 is 18.5 Å². The van der Waals surface area contributed by atoms with E-state index in [0.29, 0.717) is 0 Å². The molecule has 0 saturated carbocycles. The SMILES string of the molecule is O=P(O)(O)F.[NaH].[NaH].[NaH].[NaH].[NaH]. The Morgan fingerprint density at radius 1 is 0.900 bits per heavy atom. The molecule has 0 spiro atoms. The van der Waals surface area contributed by atoms with Gasteiger partial charge in [0.05, 0.1) is 0 Å². The zero-order valence-electron chi connectivity index (χ0n) is 2.13. The summed E-state index contributed by atoms with van der Waals surface area (Å²) in [7, 11) is -5.14. The predicted molar refractivity (Wildman–Crippen MR) is 48.9 cm³/mol. The van der Waals surface area contributed by atoms with Crippen LogP contribution in [0.25, 0.3) is 0 Å². The van der Waals surface area contributed by atoms with E-state index in [0.717, 1.165) is 0 Å². The second-order valence-electron chi connectivity index (χ2n) is 0.473. The van der Waals surface area contributed by atoms with E-state index in [-0.39, 0.29) is 148 Å². The molecule has 0 aromatic heterocycles.